The molecule has 0 radical (unpaired) electrons. The van der Waals surface area contributed by atoms with Crippen molar-refractivity contribution in [1.29, 1.82) is 0 Å². The van der Waals surface area contributed by atoms with E-state index in [1.165, 1.54) is 14.2 Å². The summed E-state index contributed by atoms with van der Waals surface area (Å²) in [5.74, 6) is 1.34. The van der Waals surface area contributed by atoms with Crippen LogP contribution in [0, 0.1) is 0 Å². The van der Waals surface area contributed by atoms with Gasteiger partial charge in [0.2, 0.25) is 0 Å². The first-order chi connectivity index (χ1) is 9.43. The van der Waals surface area contributed by atoms with Gasteiger partial charge in [-0.2, -0.15) is 0 Å². The molecule has 1 aromatic rings. The zero-order valence-electron chi connectivity index (χ0n) is 11.9. The standard InChI is InChI=1S/C13H20ClNO4S/c1-4-6-20(16,17)7-5-15-11-8-10(14)12(18-2)9-13(11)19-3/h8-9,15H,4-7H2,1-3H3. The summed E-state index contributed by atoms with van der Waals surface area (Å²) >= 11 is 6.04. The lowest BCUT2D eigenvalue weighted by Gasteiger charge is -2.13. The molecule has 0 saturated heterocycles. The molecule has 1 rings (SSSR count). The Morgan fingerprint density at radius 3 is 2.35 bits per heavy atom. The maximum absolute atomic E-state index is 11.6. The van der Waals surface area contributed by atoms with E-state index in [-0.39, 0.29) is 11.5 Å². The Bertz CT molecular complexity index is 546. The summed E-state index contributed by atoms with van der Waals surface area (Å²) in [7, 11) is 0.0431. The number of hydrogen-bond acceptors (Lipinski definition) is 5. The first-order valence-electron chi connectivity index (χ1n) is 6.29. The maximum Gasteiger partial charge on any atom is 0.152 e. The van der Waals surface area contributed by atoms with Gasteiger partial charge in [-0.25, -0.2) is 8.42 Å². The molecule has 114 valence electrons. The van der Waals surface area contributed by atoms with Crippen LogP contribution in [0.15, 0.2) is 12.1 Å². The first kappa shape index (κ1) is 16.9. The molecule has 0 atom stereocenters. The summed E-state index contributed by atoms with van der Waals surface area (Å²) in [4.78, 5) is 0. The normalized spacial score (nSPS) is 11.2. The van der Waals surface area contributed by atoms with E-state index in [0.717, 1.165) is 0 Å². The smallest absolute Gasteiger partial charge is 0.152 e. The largest absolute Gasteiger partial charge is 0.495 e. The highest BCUT2D eigenvalue weighted by atomic mass is 35.5. The highest BCUT2D eigenvalue weighted by molar-refractivity contribution is 7.91. The lowest BCUT2D eigenvalue weighted by Crippen LogP contribution is -2.18. The van der Waals surface area contributed by atoms with E-state index < -0.39 is 9.84 Å². The van der Waals surface area contributed by atoms with Crippen molar-refractivity contribution in [2.75, 3.05) is 37.6 Å². The second-order valence-electron chi connectivity index (χ2n) is 4.27. The van der Waals surface area contributed by atoms with Gasteiger partial charge >= 0.3 is 0 Å². The fraction of sp³-hybridized carbons (Fsp3) is 0.538. The highest BCUT2D eigenvalue weighted by Crippen LogP contribution is 2.35. The average Bonchev–Trinajstić information content (AvgIpc) is 2.38. The van der Waals surface area contributed by atoms with E-state index in [2.05, 4.69) is 5.32 Å². The molecule has 0 aliphatic carbocycles. The van der Waals surface area contributed by atoms with Crippen LogP contribution in [0.25, 0.3) is 0 Å². The predicted octanol–water partition coefficient (Wildman–Crippen LogP) is 2.59. The molecule has 0 amide bonds. The van der Waals surface area contributed by atoms with Gasteiger partial charge in [0.15, 0.2) is 9.84 Å². The molecule has 7 heteroatoms. The number of benzene rings is 1. The molecule has 1 N–H and O–H groups in total. The van der Waals surface area contributed by atoms with Gasteiger partial charge in [-0.05, 0) is 12.5 Å². The number of nitrogens with one attached hydrogen (secondary N) is 1. The molecule has 5 nitrogen and oxygen atoms in total. The summed E-state index contributed by atoms with van der Waals surface area (Å²) in [6.07, 6.45) is 0.625. The van der Waals surface area contributed by atoms with Crippen LogP contribution in [0.5, 0.6) is 11.5 Å². The minimum Gasteiger partial charge on any atom is -0.495 e. The molecule has 0 spiro atoms. The molecule has 0 aliphatic heterocycles. The van der Waals surface area contributed by atoms with E-state index in [4.69, 9.17) is 21.1 Å². The Morgan fingerprint density at radius 2 is 1.80 bits per heavy atom. The zero-order chi connectivity index (χ0) is 15.2. The molecule has 0 bridgehead atoms. The van der Waals surface area contributed by atoms with Crippen LogP contribution in [0.3, 0.4) is 0 Å². The monoisotopic (exact) mass is 321 g/mol. The first-order valence-corrected chi connectivity index (χ1v) is 8.49. The quantitative estimate of drug-likeness (QED) is 0.797. The fourth-order valence-electron chi connectivity index (χ4n) is 1.75. The Morgan fingerprint density at radius 1 is 1.15 bits per heavy atom. The number of halogens is 1. The average molecular weight is 322 g/mol. The van der Waals surface area contributed by atoms with Gasteiger partial charge in [0.05, 0.1) is 30.7 Å². The number of methoxy groups -OCH3 is 2. The molecule has 20 heavy (non-hydrogen) atoms. The van der Waals surface area contributed by atoms with Crippen molar-refractivity contribution in [3.05, 3.63) is 17.2 Å². The Kier molecular flexibility index (Phi) is 6.42. The third-order valence-corrected chi connectivity index (χ3v) is 4.87. The van der Waals surface area contributed by atoms with Crippen molar-refractivity contribution in [1.82, 2.24) is 0 Å². The van der Waals surface area contributed by atoms with Crippen molar-refractivity contribution >= 4 is 27.1 Å². The van der Waals surface area contributed by atoms with E-state index in [1.54, 1.807) is 12.1 Å². The molecule has 0 saturated carbocycles. The lowest BCUT2D eigenvalue weighted by atomic mass is 10.2. The van der Waals surface area contributed by atoms with Crippen LogP contribution >= 0.6 is 11.6 Å². The Balaban J connectivity index is 2.75. The van der Waals surface area contributed by atoms with E-state index in [9.17, 15) is 8.42 Å². The van der Waals surface area contributed by atoms with Crippen LogP contribution in [0.1, 0.15) is 13.3 Å². The predicted molar refractivity (Wildman–Crippen MR) is 82.0 cm³/mol. The second kappa shape index (κ2) is 7.59. The molecule has 0 heterocycles. The van der Waals surface area contributed by atoms with Gasteiger partial charge in [0, 0.05) is 18.4 Å². The molecule has 0 unspecified atom stereocenters. The number of anilines is 1. The van der Waals surface area contributed by atoms with E-state index in [1.807, 2.05) is 6.92 Å². The van der Waals surface area contributed by atoms with Crippen LogP contribution in [-0.2, 0) is 9.84 Å². The summed E-state index contributed by atoms with van der Waals surface area (Å²) in [5.41, 5.74) is 0.644. The van der Waals surface area contributed by atoms with Crippen LogP contribution in [0.4, 0.5) is 5.69 Å². The van der Waals surface area contributed by atoms with E-state index >= 15 is 0 Å². The van der Waals surface area contributed by atoms with E-state index in [0.29, 0.717) is 35.2 Å². The Labute approximate surface area is 125 Å². The molecule has 0 fully saturated rings. The maximum atomic E-state index is 11.6. The minimum atomic E-state index is -3.01. The number of rotatable bonds is 8. The minimum absolute atomic E-state index is 0.0770. The van der Waals surface area contributed by atoms with Crippen molar-refractivity contribution < 1.29 is 17.9 Å². The van der Waals surface area contributed by atoms with Gasteiger partial charge in [-0.1, -0.05) is 18.5 Å². The topological polar surface area (TPSA) is 64.6 Å². The molecular formula is C13H20ClNO4S. The van der Waals surface area contributed by atoms with Gasteiger partial charge in [0.25, 0.3) is 0 Å². The third-order valence-electron chi connectivity index (χ3n) is 2.72. The summed E-state index contributed by atoms with van der Waals surface area (Å²) < 4.78 is 33.6. The van der Waals surface area contributed by atoms with Gasteiger partial charge in [0.1, 0.15) is 11.5 Å². The Hall–Kier alpha value is -1.14. The molecule has 0 aromatic heterocycles. The second-order valence-corrected chi connectivity index (χ2v) is 6.98. The van der Waals surface area contributed by atoms with Crippen LogP contribution < -0.4 is 14.8 Å². The van der Waals surface area contributed by atoms with Crippen molar-refractivity contribution in [2.45, 2.75) is 13.3 Å². The van der Waals surface area contributed by atoms with Crippen molar-refractivity contribution in [3.8, 4) is 11.5 Å². The molecular weight excluding hydrogens is 302 g/mol. The lowest BCUT2D eigenvalue weighted by molar-refractivity contribution is 0.395. The highest BCUT2D eigenvalue weighted by Gasteiger charge is 2.12. The SMILES string of the molecule is CCCS(=O)(=O)CCNc1cc(Cl)c(OC)cc1OC. The van der Waals surface area contributed by atoms with Crippen LogP contribution in [-0.4, -0.2) is 40.7 Å². The van der Waals surface area contributed by atoms with Crippen molar-refractivity contribution in [2.24, 2.45) is 0 Å². The van der Waals surface area contributed by atoms with Gasteiger partial charge in [-0.15, -0.1) is 0 Å². The number of hydrogen-bond donors (Lipinski definition) is 1. The summed E-state index contributed by atoms with van der Waals surface area (Å²) in [6, 6.07) is 3.32. The summed E-state index contributed by atoms with van der Waals surface area (Å²) in [5, 5.41) is 3.46. The number of sulfone groups is 1. The van der Waals surface area contributed by atoms with Crippen molar-refractivity contribution in [3.63, 3.8) is 0 Å². The molecule has 0 aliphatic rings. The van der Waals surface area contributed by atoms with Gasteiger partial charge < -0.3 is 14.8 Å². The third kappa shape index (κ3) is 4.76. The summed E-state index contributed by atoms with van der Waals surface area (Å²) in [6.45, 7) is 2.15. The van der Waals surface area contributed by atoms with Gasteiger partial charge in [-0.3, -0.25) is 0 Å². The fourth-order valence-corrected chi connectivity index (χ4v) is 3.23. The number of ether oxygens (including phenoxy) is 2. The zero-order valence-corrected chi connectivity index (χ0v) is 13.5. The van der Waals surface area contributed by atoms with Crippen LogP contribution in [0.2, 0.25) is 5.02 Å². The molecule has 1 aromatic carbocycles.